The molecule has 1 aromatic carbocycles. The van der Waals surface area contributed by atoms with Crippen LogP contribution in [0.15, 0.2) is 30.6 Å². The van der Waals surface area contributed by atoms with Crippen LogP contribution in [0.25, 0.3) is 0 Å². The lowest BCUT2D eigenvalue weighted by Gasteiger charge is -2.10. The molecule has 5 nitrogen and oxygen atoms in total. The topological polar surface area (TPSA) is 73.1 Å². The molecule has 0 unspecified atom stereocenters. The van der Waals surface area contributed by atoms with Crippen molar-refractivity contribution in [3.05, 3.63) is 41.7 Å². The molecule has 19 heavy (non-hydrogen) atoms. The second-order valence-electron chi connectivity index (χ2n) is 4.16. The number of ether oxygens (including phenoxy) is 1. The molecule has 0 aliphatic heterocycles. The third-order valence-corrected chi connectivity index (χ3v) is 2.88. The summed E-state index contributed by atoms with van der Waals surface area (Å²) < 4.78 is 5.33. The number of nitrogen functional groups attached to an aromatic ring is 1. The molecule has 2 aromatic rings. The van der Waals surface area contributed by atoms with Crippen LogP contribution in [0.5, 0.6) is 5.88 Å². The predicted molar refractivity (Wildman–Crippen MR) is 76.1 cm³/mol. The van der Waals surface area contributed by atoms with Crippen molar-refractivity contribution >= 4 is 11.5 Å². The lowest BCUT2D eigenvalue weighted by Crippen LogP contribution is -2.05. The van der Waals surface area contributed by atoms with Gasteiger partial charge in [0.15, 0.2) is 0 Å². The number of rotatable bonds is 5. The molecule has 1 heterocycles. The fraction of sp³-hybridized carbons (Fsp3) is 0.286. The molecule has 5 heteroatoms. The Morgan fingerprint density at radius 3 is 2.95 bits per heavy atom. The average molecular weight is 258 g/mol. The number of benzene rings is 1. The van der Waals surface area contributed by atoms with Crippen molar-refractivity contribution in [2.75, 3.05) is 17.7 Å². The second-order valence-corrected chi connectivity index (χ2v) is 4.16. The van der Waals surface area contributed by atoms with Gasteiger partial charge in [-0.05, 0) is 31.0 Å². The minimum Gasteiger partial charge on any atom is -0.478 e. The Labute approximate surface area is 112 Å². The van der Waals surface area contributed by atoms with Gasteiger partial charge in [0, 0.05) is 18.3 Å². The van der Waals surface area contributed by atoms with E-state index in [1.807, 2.05) is 32.0 Å². The predicted octanol–water partition coefficient (Wildman–Crippen LogP) is 2.38. The highest BCUT2D eigenvalue weighted by Crippen LogP contribution is 2.17. The zero-order valence-corrected chi connectivity index (χ0v) is 11.2. The SMILES string of the molecule is CCOc1cc(NCc2cccc(N)c2C)ncn1. The minimum atomic E-state index is 0.573. The van der Waals surface area contributed by atoms with Gasteiger partial charge in [0.05, 0.1) is 6.61 Å². The number of aromatic nitrogens is 2. The van der Waals surface area contributed by atoms with Crippen LogP contribution in [-0.2, 0) is 6.54 Å². The van der Waals surface area contributed by atoms with E-state index >= 15 is 0 Å². The Kier molecular flexibility index (Phi) is 4.18. The van der Waals surface area contributed by atoms with Gasteiger partial charge in [-0.2, -0.15) is 0 Å². The molecule has 0 atom stereocenters. The van der Waals surface area contributed by atoms with Gasteiger partial charge in [-0.15, -0.1) is 0 Å². The molecule has 3 N–H and O–H groups in total. The van der Waals surface area contributed by atoms with Crippen molar-refractivity contribution < 1.29 is 4.74 Å². The zero-order valence-electron chi connectivity index (χ0n) is 11.2. The van der Waals surface area contributed by atoms with Gasteiger partial charge in [0.25, 0.3) is 0 Å². The van der Waals surface area contributed by atoms with E-state index in [1.165, 1.54) is 6.33 Å². The Morgan fingerprint density at radius 2 is 2.16 bits per heavy atom. The van der Waals surface area contributed by atoms with E-state index in [2.05, 4.69) is 15.3 Å². The Hall–Kier alpha value is -2.30. The Bertz CT molecular complexity index is 557. The van der Waals surface area contributed by atoms with Crippen LogP contribution in [0.4, 0.5) is 11.5 Å². The van der Waals surface area contributed by atoms with Crippen molar-refractivity contribution in [3.63, 3.8) is 0 Å². The molecule has 100 valence electrons. The van der Waals surface area contributed by atoms with Crippen molar-refractivity contribution in [3.8, 4) is 5.88 Å². The molecule has 0 amide bonds. The van der Waals surface area contributed by atoms with Gasteiger partial charge in [0.2, 0.25) is 5.88 Å². The monoisotopic (exact) mass is 258 g/mol. The molecule has 0 aliphatic carbocycles. The van der Waals surface area contributed by atoms with E-state index < -0.39 is 0 Å². The second kappa shape index (κ2) is 6.04. The van der Waals surface area contributed by atoms with Gasteiger partial charge < -0.3 is 15.8 Å². The summed E-state index contributed by atoms with van der Waals surface area (Å²) in [6.07, 6.45) is 1.49. The summed E-state index contributed by atoms with van der Waals surface area (Å²) >= 11 is 0. The first-order valence-corrected chi connectivity index (χ1v) is 6.23. The van der Waals surface area contributed by atoms with Crippen LogP contribution in [0, 0.1) is 6.92 Å². The van der Waals surface area contributed by atoms with Crippen LogP contribution in [0.1, 0.15) is 18.1 Å². The molecule has 2 rings (SSSR count). The normalized spacial score (nSPS) is 10.2. The van der Waals surface area contributed by atoms with E-state index in [0.717, 1.165) is 22.6 Å². The Balaban J connectivity index is 2.06. The number of nitrogens with two attached hydrogens (primary N) is 1. The Morgan fingerprint density at radius 1 is 1.32 bits per heavy atom. The summed E-state index contributed by atoms with van der Waals surface area (Å²) in [6.45, 7) is 5.19. The van der Waals surface area contributed by atoms with Crippen LogP contribution < -0.4 is 15.8 Å². The maximum absolute atomic E-state index is 5.88. The minimum absolute atomic E-state index is 0.573. The molecular weight excluding hydrogens is 240 g/mol. The molecule has 0 spiro atoms. The fourth-order valence-corrected chi connectivity index (χ4v) is 1.74. The first-order valence-electron chi connectivity index (χ1n) is 6.23. The quantitative estimate of drug-likeness (QED) is 0.805. The zero-order chi connectivity index (χ0) is 13.7. The number of hydrogen-bond donors (Lipinski definition) is 2. The van der Waals surface area contributed by atoms with Crippen LogP contribution in [-0.4, -0.2) is 16.6 Å². The standard InChI is InChI=1S/C14H18N4O/c1-3-19-14-7-13(17-9-18-14)16-8-11-5-4-6-12(15)10(11)2/h4-7,9H,3,8,15H2,1-2H3,(H,16,17,18). The van der Waals surface area contributed by atoms with Crippen LogP contribution >= 0.6 is 0 Å². The third kappa shape index (κ3) is 3.34. The smallest absolute Gasteiger partial charge is 0.218 e. The van der Waals surface area contributed by atoms with Crippen LogP contribution in [0.2, 0.25) is 0 Å². The highest BCUT2D eigenvalue weighted by molar-refractivity contribution is 5.51. The van der Waals surface area contributed by atoms with Crippen LogP contribution in [0.3, 0.4) is 0 Å². The maximum atomic E-state index is 5.88. The molecule has 1 aromatic heterocycles. The molecule has 0 aliphatic rings. The van der Waals surface area contributed by atoms with Gasteiger partial charge in [0.1, 0.15) is 12.1 Å². The van der Waals surface area contributed by atoms with Crippen molar-refractivity contribution in [1.29, 1.82) is 0 Å². The number of nitrogens with one attached hydrogen (secondary N) is 1. The molecule has 0 fully saturated rings. The lowest BCUT2D eigenvalue weighted by molar-refractivity contribution is 0.326. The van der Waals surface area contributed by atoms with E-state index in [0.29, 0.717) is 19.0 Å². The highest BCUT2D eigenvalue weighted by atomic mass is 16.5. The lowest BCUT2D eigenvalue weighted by atomic mass is 10.1. The first-order chi connectivity index (χ1) is 9.20. The van der Waals surface area contributed by atoms with E-state index in [9.17, 15) is 0 Å². The van der Waals surface area contributed by atoms with Gasteiger partial charge >= 0.3 is 0 Å². The summed E-state index contributed by atoms with van der Waals surface area (Å²) in [5.41, 5.74) is 8.92. The number of anilines is 2. The highest BCUT2D eigenvalue weighted by Gasteiger charge is 2.03. The van der Waals surface area contributed by atoms with Crippen molar-refractivity contribution in [2.24, 2.45) is 0 Å². The summed E-state index contributed by atoms with van der Waals surface area (Å²) in [6, 6.07) is 7.68. The van der Waals surface area contributed by atoms with Crippen molar-refractivity contribution in [2.45, 2.75) is 20.4 Å². The largest absolute Gasteiger partial charge is 0.478 e. The summed E-state index contributed by atoms with van der Waals surface area (Å²) in [5, 5.41) is 3.24. The molecule has 0 radical (unpaired) electrons. The molecular formula is C14H18N4O. The summed E-state index contributed by atoms with van der Waals surface area (Å²) in [7, 11) is 0. The molecule has 0 bridgehead atoms. The fourth-order valence-electron chi connectivity index (χ4n) is 1.74. The van der Waals surface area contributed by atoms with E-state index in [4.69, 9.17) is 10.5 Å². The average Bonchev–Trinajstić information content (AvgIpc) is 2.41. The maximum Gasteiger partial charge on any atom is 0.218 e. The van der Waals surface area contributed by atoms with Crippen molar-refractivity contribution in [1.82, 2.24) is 9.97 Å². The number of hydrogen-bond acceptors (Lipinski definition) is 5. The van der Waals surface area contributed by atoms with Gasteiger partial charge in [-0.3, -0.25) is 0 Å². The molecule has 0 saturated carbocycles. The van der Waals surface area contributed by atoms with Gasteiger partial charge in [-0.25, -0.2) is 9.97 Å². The van der Waals surface area contributed by atoms with Gasteiger partial charge in [-0.1, -0.05) is 12.1 Å². The molecule has 0 saturated heterocycles. The third-order valence-electron chi connectivity index (χ3n) is 2.88. The summed E-state index contributed by atoms with van der Waals surface area (Å²) in [5.74, 6) is 1.31. The summed E-state index contributed by atoms with van der Waals surface area (Å²) in [4.78, 5) is 8.18. The first kappa shape index (κ1) is 13.1. The van der Waals surface area contributed by atoms with E-state index in [-0.39, 0.29) is 0 Å². The number of nitrogens with zero attached hydrogens (tertiary/aromatic N) is 2. The van der Waals surface area contributed by atoms with E-state index in [1.54, 1.807) is 6.07 Å².